The second kappa shape index (κ2) is 6.80. The van der Waals surface area contributed by atoms with Crippen molar-refractivity contribution < 1.29 is 18.7 Å². The van der Waals surface area contributed by atoms with E-state index in [0.29, 0.717) is 34.9 Å². The highest BCUT2D eigenvalue weighted by molar-refractivity contribution is 8.00. The summed E-state index contributed by atoms with van der Waals surface area (Å²) in [6.45, 7) is 1.85. The molecule has 0 fully saturated rings. The molecule has 130 valence electrons. The lowest BCUT2D eigenvalue weighted by Crippen LogP contribution is -2.26. The molecule has 0 atom stereocenters. The Morgan fingerprint density at radius 3 is 2.62 bits per heavy atom. The van der Waals surface area contributed by atoms with Gasteiger partial charge in [-0.05, 0) is 23.9 Å². The van der Waals surface area contributed by atoms with Gasteiger partial charge in [-0.25, -0.2) is 9.78 Å². The third kappa shape index (κ3) is 3.04. The van der Waals surface area contributed by atoms with Gasteiger partial charge in [0.1, 0.15) is 0 Å². The molecular weight excluding hydrogens is 359 g/mol. The molecule has 3 rings (SSSR count). The summed E-state index contributed by atoms with van der Waals surface area (Å²) in [7, 11) is 0.514. The van der Waals surface area contributed by atoms with E-state index in [1.807, 2.05) is 6.82 Å². The highest BCUT2D eigenvalue weighted by atomic mass is 32.2. The van der Waals surface area contributed by atoms with Gasteiger partial charge in [-0.1, -0.05) is 31.1 Å². The highest BCUT2D eigenvalue weighted by Crippen LogP contribution is 2.37. The smallest absolute Gasteiger partial charge is 0.395 e. The summed E-state index contributed by atoms with van der Waals surface area (Å²) < 4.78 is 29.0. The molecule has 0 bridgehead atoms. The van der Waals surface area contributed by atoms with E-state index in [-0.39, 0.29) is 16.9 Å². The first-order chi connectivity index (χ1) is 12.4. The first-order valence-electron chi connectivity index (χ1n) is 7.68. The average molecular weight is 371 g/mol. The Labute approximate surface area is 152 Å². The zero-order valence-electron chi connectivity index (χ0n) is 13.6. The fourth-order valence-electron chi connectivity index (χ4n) is 2.68. The molecule has 0 aliphatic carbocycles. The number of nitriles is 1. The van der Waals surface area contributed by atoms with Crippen LogP contribution in [0.25, 0.3) is 16.5 Å². The largest absolute Gasteiger partial charge is 0.476 e. The molecule has 1 heterocycles. The van der Waals surface area contributed by atoms with Gasteiger partial charge in [-0.2, -0.15) is 14.0 Å². The van der Waals surface area contributed by atoms with Crippen molar-refractivity contribution in [2.24, 2.45) is 0 Å². The maximum absolute atomic E-state index is 13.7. The standard InChI is InChI=1S/C17H12BF2N3O2S/c1-18-14-9-22-16(26-17(19,20)15(24)25)23(14)13-7-6-10(8-21)11-4-2-3-5-12(11)13/h2-7,9,18H,1H3,(H,24,25). The van der Waals surface area contributed by atoms with Gasteiger partial charge in [-0.15, -0.1) is 0 Å². The molecule has 0 amide bonds. The number of benzene rings is 2. The fourth-order valence-corrected chi connectivity index (χ4v) is 3.41. The lowest BCUT2D eigenvalue weighted by atomic mass is 9.78. The Hall–Kier alpha value is -2.86. The van der Waals surface area contributed by atoms with Crippen LogP contribution in [0.1, 0.15) is 5.56 Å². The minimum Gasteiger partial charge on any atom is -0.476 e. The van der Waals surface area contributed by atoms with Gasteiger partial charge in [-0.3, -0.25) is 0 Å². The molecule has 26 heavy (non-hydrogen) atoms. The number of aromatic nitrogens is 2. The van der Waals surface area contributed by atoms with Crippen LogP contribution in [0, 0.1) is 11.3 Å². The van der Waals surface area contributed by atoms with E-state index < -0.39 is 11.2 Å². The Kier molecular flexibility index (Phi) is 4.70. The summed E-state index contributed by atoms with van der Waals surface area (Å²) in [6.07, 6.45) is 1.45. The summed E-state index contributed by atoms with van der Waals surface area (Å²) in [5, 5.41) is 15.3. The van der Waals surface area contributed by atoms with E-state index in [0.717, 1.165) is 0 Å². The summed E-state index contributed by atoms with van der Waals surface area (Å²) in [6, 6.07) is 12.5. The predicted octanol–water partition coefficient (Wildman–Crippen LogP) is 2.78. The SMILES string of the molecule is CBc1cnc(SC(F)(F)C(=O)O)n1-c1ccc(C#N)c2ccccc12. The Bertz CT molecular complexity index is 1050. The Morgan fingerprint density at radius 1 is 1.31 bits per heavy atom. The molecule has 0 unspecified atom stereocenters. The van der Waals surface area contributed by atoms with Gasteiger partial charge in [0.25, 0.3) is 0 Å². The number of hydrogen-bond acceptors (Lipinski definition) is 4. The molecule has 1 aromatic heterocycles. The van der Waals surface area contributed by atoms with Crippen molar-refractivity contribution in [3.63, 3.8) is 0 Å². The fraction of sp³-hybridized carbons (Fsp3) is 0.118. The number of halogens is 2. The Balaban J connectivity index is 2.25. The van der Waals surface area contributed by atoms with Gasteiger partial charge in [0, 0.05) is 22.6 Å². The van der Waals surface area contributed by atoms with Crippen molar-refractivity contribution in [1.29, 1.82) is 5.26 Å². The first-order valence-corrected chi connectivity index (χ1v) is 8.49. The summed E-state index contributed by atoms with van der Waals surface area (Å²) >= 11 is -0.116. The summed E-state index contributed by atoms with van der Waals surface area (Å²) in [5.74, 6) is -2.22. The van der Waals surface area contributed by atoms with Gasteiger partial charge in [0.15, 0.2) is 12.4 Å². The molecule has 3 aromatic rings. The Morgan fingerprint density at radius 2 is 2.00 bits per heavy atom. The van der Waals surface area contributed by atoms with Crippen molar-refractivity contribution in [2.45, 2.75) is 17.2 Å². The van der Waals surface area contributed by atoms with Crippen molar-refractivity contribution >= 4 is 41.4 Å². The second-order valence-corrected chi connectivity index (χ2v) is 6.52. The number of rotatable bonds is 5. The van der Waals surface area contributed by atoms with E-state index in [4.69, 9.17) is 5.11 Å². The van der Waals surface area contributed by atoms with Gasteiger partial charge in [0.2, 0.25) is 0 Å². The number of thioether (sulfide) groups is 1. The molecule has 0 spiro atoms. The van der Waals surface area contributed by atoms with E-state index in [1.54, 1.807) is 36.4 Å². The lowest BCUT2D eigenvalue weighted by molar-refractivity contribution is -0.152. The minimum atomic E-state index is -4.00. The minimum absolute atomic E-state index is 0.116. The molecule has 0 saturated carbocycles. The van der Waals surface area contributed by atoms with E-state index in [1.165, 1.54) is 10.8 Å². The quantitative estimate of drug-likeness (QED) is 0.551. The average Bonchev–Trinajstić information content (AvgIpc) is 3.02. The normalized spacial score (nSPS) is 11.3. The number of nitrogens with zero attached hydrogens (tertiary/aromatic N) is 3. The maximum atomic E-state index is 13.7. The molecule has 0 aliphatic heterocycles. The van der Waals surface area contributed by atoms with Gasteiger partial charge < -0.3 is 9.67 Å². The highest BCUT2D eigenvalue weighted by Gasteiger charge is 2.42. The monoisotopic (exact) mass is 371 g/mol. The maximum Gasteiger partial charge on any atom is 0.395 e. The summed E-state index contributed by atoms with van der Waals surface area (Å²) in [4.78, 5) is 14.8. The number of aliphatic carboxylic acids is 1. The van der Waals surface area contributed by atoms with Crippen LogP contribution >= 0.6 is 11.8 Å². The van der Waals surface area contributed by atoms with E-state index >= 15 is 0 Å². The van der Waals surface area contributed by atoms with Crippen LogP contribution in [0.5, 0.6) is 0 Å². The molecule has 2 aromatic carbocycles. The molecule has 1 N–H and O–H groups in total. The van der Waals surface area contributed by atoms with Gasteiger partial charge >= 0.3 is 11.2 Å². The molecule has 0 aliphatic rings. The number of carbonyl (C=O) groups is 1. The van der Waals surface area contributed by atoms with Gasteiger partial charge in [0.05, 0.1) is 17.3 Å². The first kappa shape index (κ1) is 18.0. The lowest BCUT2D eigenvalue weighted by Gasteiger charge is -2.16. The zero-order chi connectivity index (χ0) is 18.9. The number of alkyl halides is 2. The van der Waals surface area contributed by atoms with Crippen LogP contribution in [0.3, 0.4) is 0 Å². The van der Waals surface area contributed by atoms with Crippen LogP contribution < -0.4 is 5.59 Å². The van der Waals surface area contributed by atoms with Crippen LogP contribution in [0.4, 0.5) is 8.78 Å². The number of hydrogen-bond donors (Lipinski definition) is 1. The third-order valence-electron chi connectivity index (χ3n) is 3.90. The molecule has 9 heteroatoms. The van der Waals surface area contributed by atoms with Crippen LogP contribution in [0.15, 0.2) is 47.8 Å². The van der Waals surface area contributed by atoms with Crippen LogP contribution in [-0.4, -0.2) is 33.2 Å². The summed E-state index contributed by atoms with van der Waals surface area (Å²) in [5.41, 5.74) is 1.69. The number of fused-ring (bicyclic) bond motifs is 1. The zero-order valence-corrected chi connectivity index (χ0v) is 14.4. The number of carboxylic acid groups (broad SMARTS) is 1. The molecule has 5 nitrogen and oxygen atoms in total. The topological polar surface area (TPSA) is 78.9 Å². The second-order valence-electron chi connectivity index (χ2n) is 5.43. The number of carboxylic acids is 1. The molecule has 0 saturated heterocycles. The van der Waals surface area contributed by atoms with Crippen molar-refractivity contribution in [2.75, 3.05) is 0 Å². The van der Waals surface area contributed by atoms with Crippen molar-refractivity contribution in [1.82, 2.24) is 9.55 Å². The van der Waals surface area contributed by atoms with E-state index in [9.17, 15) is 18.8 Å². The number of imidazole rings is 1. The molecule has 0 radical (unpaired) electrons. The van der Waals surface area contributed by atoms with Crippen molar-refractivity contribution in [3.05, 3.63) is 48.2 Å². The van der Waals surface area contributed by atoms with E-state index in [2.05, 4.69) is 11.1 Å². The third-order valence-corrected chi connectivity index (χ3v) is 4.80. The van der Waals surface area contributed by atoms with Crippen LogP contribution in [-0.2, 0) is 4.79 Å². The predicted molar refractivity (Wildman–Crippen MR) is 96.9 cm³/mol. The van der Waals surface area contributed by atoms with Crippen LogP contribution in [0.2, 0.25) is 6.82 Å². The molecular formula is C17H12BF2N3O2S. The van der Waals surface area contributed by atoms with Crippen molar-refractivity contribution in [3.8, 4) is 11.8 Å².